The molecule has 3 nitrogen and oxygen atoms in total. The van der Waals surface area contributed by atoms with Gasteiger partial charge < -0.3 is 11.1 Å². The van der Waals surface area contributed by atoms with Gasteiger partial charge in [-0.15, -0.1) is 0 Å². The second kappa shape index (κ2) is 2.13. The Morgan fingerprint density at radius 1 is 1.88 bits per heavy atom. The summed E-state index contributed by atoms with van der Waals surface area (Å²) in [7, 11) is 0. The first kappa shape index (κ1) is 5.56. The minimum Gasteiger partial charge on any atom is -0.370 e. The molecule has 1 unspecified atom stereocenters. The van der Waals surface area contributed by atoms with E-state index in [0.717, 1.165) is 13.0 Å². The van der Waals surface area contributed by atoms with Crippen molar-refractivity contribution < 1.29 is 4.79 Å². The Labute approximate surface area is 48.2 Å². The van der Waals surface area contributed by atoms with Gasteiger partial charge in [0.05, 0.1) is 0 Å². The molecule has 1 aliphatic rings. The second-order valence-electron chi connectivity index (χ2n) is 2.11. The SMILES string of the molecule is NC(=O)CC1CCN1. The molecule has 0 aromatic carbocycles. The summed E-state index contributed by atoms with van der Waals surface area (Å²) in [5, 5.41) is 3.08. The summed E-state index contributed by atoms with van der Waals surface area (Å²) in [5.74, 6) is -0.206. The molecule has 8 heavy (non-hydrogen) atoms. The number of carbonyl (C=O) groups excluding carboxylic acids is 1. The van der Waals surface area contributed by atoms with Gasteiger partial charge in [0, 0.05) is 12.5 Å². The largest absolute Gasteiger partial charge is 0.370 e. The fraction of sp³-hybridized carbons (Fsp3) is 0.800. The monoisotopic (exact) mass is 114 g/mol. The third kappa shape index (κ3) is 1.20. The predicted molar refractivity (Wildman–Crippen MR) is 30.2 cm³/mol. The van der Waals surface area contributed by atoms with Crippen molar-refractivity contribution in [2.24, 2.45) is 5.73 Å². The maximum absolute atomic E-state index is 10.2. The van der Waals surface area contributed by atoms with Gasteiger partial charge in [-0.25, -0.2) is 0 Å². The molecule has 0 spiro atoms. The molecule has 1 aliphatic heterocycles. The van der Waals surface area contributed by atoms with Gasteiger partial charge in [-0.05, 0) is 13.0 Å². The van der Waals surface area contributed by atoms with Crippen LogP contribution in [0.25, 0.3) is 0 Å². The Bertz CT molecular complexity index is 98.6. The number of primary amides is 1. The molecule has 1 rings (SSSR count). The summed E-state index contributed by atoms with van der Waals surface area (Å²) in [4.78, 5) is 10.2. The molecule has 1 heterocycles. The summed E-state index contributed by atoms with van der Waals surface area (Å²) in [5.41, 5.74) is 4.92. The lowest BCUT2D eigenvalue weighted by Crippen LogP contribution is -2.45. The average molecular weight is 114 g/mol. The van der Waals surface area contributed by atoms with Gasteiger partial charge in [-0.1, -0.05) is 0 Å². The van der Waals surface area contributed by atoms with Crippen molar-refractivity contribution in [1.82, 2.24) is 5.32 Å². The summed E-state index contributed by atoms with van der Waals surface area (Å²) >= 11 is 0. The minimum absolute atomic E-state index is 0.206. The zero-order valence-corrected chi connectivity index (χ0v) is 4.68. The molecule has 1 saturated heterocycles. The first-order valence-corrected chi connectivity index (χ1v) is 2.81. The van der Waals surface area contributed by atoms with E-state index in [1.807, 2.05) is 0 Å². The number of hydrogen-bond donors (Lipinski definition) is 2. The third-order valence-electron chi connectivity index (χ3n) is 1.37. The minimum atomic E-state index is -0.206. The fourth-order valence-corrected chi connectivity index (χ4v) is 0.766. The van der Waals surface area contributed by atoms with Gasteiger partial charge in [0.1, 0.15) is 0 Å². The zero-order valence-electron chi connectivity index (χ0n) is 4.68. The van der Waals surface area contributed by atoms with Gasteiger partial charge in [0.15, 0.2) is 0 Å². The lowest BCUT2D eigenvalue weighted by molar-refractivity contribution is -0.118. The third-order valence-corrected chi connectivity index (χ3v) is 1.37. The van der Waals surface area contributed by atoms with E-state index in [0.29, 0.717) is 12.5 Å². The highest BCUT2D eigenvalue weighted by molar-refractivity contribution is 5.74. The summed E-state index contributed by atoms with van der Waals surface area (Å²) in [6.45, 7) is 1.04. The number of rotatable bonds is 2. The Morgan fingerprint density at radius 2 is 2.50 bits per heavy atom. The summed E-state index contributed by atoms with van der Waals surface area (Å²) < 4.78 is 0. The number of nitrogens with one attached hydrogen (secondary N) is 1. The molecule has 3 heteroatoms. The topological polar surface area (TPSA) is 55.1 Å². The number of amides is 1. The lowest BCUT2D eigenvalue weighted by atomic mass is 10.0. The van der Waals surface area contributed by atoms with Crippen LogP contribution in [0.15, 0.2) is 0 Å². The highest BCUT2D eigenvalue weighted by atomic mass is 16.1. The zero-order chi connectivity index (χ0) is 5.98. The van der Waals surface area contributed by atoms with Crippen molar-refractivity contribution in [3.63, 3.8) is 0 Å². The van der Waals surface area contributed by atoms with Crippen molar-refractivity contribution in [3.8, 4) is 0 Å². The van der Waals surface area contributed by atoms with E-state index in [1.165, 1.54) is 0 Å². The number of nitrogens with two attached hydrogens (primary N) is 1. The van der Waals surface area contributed by atoms with Crippen LogP contribution < -0.4 is 11.1 Å². The summed E-state index contributed by atoms with van der Waals surface area (Å²) in [6, 6.07) is 0.382. The van der Waals surface area contributed by atoms with Crippen LogP contribution >= 0.6 is 0 Å². The van der Waals surface area contributed by atoms with Gasteiger partial charge in [0.2, 0.25) is 5.91 Å². The Morgan fingerprint density at radius 3 is 2.62 bits per heavy atom. The molecular formula is C5H10N2O. The number of carbonyl (C=O) groups is 1. The highest BCUT2D eigenvalue weighted by Crippen LogP contribution is 2.04. The summed E-state index contributed by atoms with van der Waals surface area (Å²) in [6.07, 6.45) is 1.60. The van der Waals surface area contributed by atoms with E-state index in [-0.39, 0.29) is 5.91 Å². The first-order chi connectivity index (χ1) is 3.79. The maximum atomic E-state index is 10.2. The molecule has 0 bridgehead atoms. The highest BCUT2D eigenvalue weighted by Gasteiger charge is 2.17. The van der Waals surface area contributed by atoms with Gasteiger partial charge >= 0.3 is 0 Å². The maximum Gasteiger partial charge on any atom is 0.218 e. The van der Waals surface area contributed by atoms with E-state index >= 15 is 0 Å². The van der Waals surface area contributed by atoms with Gasteiger partial charge in [0.25, 0.3) is 0 Å². The van der Waals surface area contributed by atoms with Crippen LogP contribution in [0, 0.1) is 0 Å². The van der Waals surface area contributed by atoms with E-state index in [1.54, 1.807) is 0 Å². The Balaban J connectivity index is 2.09. The molecule has 3 N–H and O–H groups in total. The number of hydrogen-bond acceptors (Lipinski definition) is 2. The van der Waals surface area contributed by atoms with Crippen molar-refractivity contribution >= 4 is 5.91 Å². The van der Waals surface area contributed by atoms with Crippen molar-refractivity contribution in [2.75, 3.05) is 6.54 Å². The van der Waals surface area contributed by atoms with Crippen LogP contribution in [0.2, 0.25) is 0 Å². The van der Waals surface area contributed by atoms with E-state index in [4.69, 9.17) is 5.73 Å². The molecule has 0 aromatic heterocycles. The smallest absolute Gasteiger partial charge is 0.218 e. The fourth-order valence-electron chi connectivity index (χ4n) is 0.766. The quantitative estimate of drug-likeness (QED) is 0.495. The van der Waals surface area contributed by atoms with Gasteiger partial charge in [-0.3, -0.25) is 4.79 Å². The predicted octanol–water partition coefficient (Wildman–Crippen LogP) is -0.776. The second-order valence-corrected chi connectivity index (χ2v) is 2.11. The van der Waals surface area contributed by atoms with Crippen molar-refractivity contribution in [2.45, 2.75) is 18.9 Å². The van der Waals surface area contributed by atoms with Gasteiger partial charge in [-0.2, -0.15) is 0 Å². The molecule has 1 fully saturated rings. The van der Waals surface area contributed by atoms with E-state index < -0.39 is 0 Å². The standard InChI is InChI=1S/C5H10N2O/c6-5(8)3-4-1-2-7-4/h4,7H,1-3H2,(H2,6,8). The molecule has 46 valence electrons. The van der Waals surface area contributed by atoms with Crippen LogP contribution in [0.1, 0.15) is 12.8 Å². The lowest BCUT2D eigenvalue weighted by Gasteiger charge is -2.25. The molecule has 0 saturated carbocycles. The molecular weight excluding hydrogens is 104 g/mol. The first-order valence-electron chi connectivity index (χ1n) is 2.81. The van der Waals surface area contributed by atoms with Crippen LogP contribution in [0.4, 0.5) is 0 Å². The van der Waals surface area contributed by atoms with Crippen molar-refractivity contribution in [1.29, 1.82) is 0 Å². The Kier molecular flexibility index (Phi) is 1.48. The van der Waals surface area contributed by atoms with Crippen LogP contribution in [0.5, 0.6) is 0 Å². The van der Waals surface area contributed by atoms with E-state index in [2.05, 4.69) is 5.32 Å². The van der Waals surface area contributed by atoms with Crippen molar-refractivity contribution in [3.05, 3.63) is 0 Å². The molecule has 0 radical (unpaired) electrons. The Hall–Kier alpha value is -0.570. The van der Waals surface area contributed by atoms with Crippen LogP contribution in [-0.2, 0) is 4.79 Å². The van der Waals surface area contributed by atoms with E-state index in [9.17, 15) is 4.79 Å². The molecule has 0 aromatic rings. The van der Waals surface area contributed by atoms with Crippen LogP contribution in [0.3, 0.4) is 0 Å². The average Bonchev–Trinajstić information content (AvgIpc) is 1.55. The van der Waals surface area contributed by atoms with Crippen LogP contribution in [-0.4, -0.2) is 18.5 Å². The molecule has 0 aliphatic carbocycles. The molecule has 1 atom stereocenters. The normalized spacial score (nSPS) is 26.8. The molecule has 1 amide bonds.